The number of hydrogen-bond acceptors (Lipinski definition) is 3. The van der Waals surface area contributed by atoms with Crippen LogP contribution in [0.3, 0.4) is 0 Å². The number of nitrogens with zero attached hydrogens (tertiary/aromatic N) is 1. The number of nitriles is 1. The second-order valence-corrected chi connectivity index (χ2v) is 4.56. The summed E-state index contributed by atoms with van der Waals surface area (Å²) in [6.07, 6.45) is 0. The van der Waals surface area contributed by atoms with Crippen molar-refractivity contribution in [3.63, 3.8) is 0 Å². The molecule has 0 atom stereocenters. The maximum atomic E-state index is 8.91. The quantitative estimate of drug-likeness (QED) is 0.777. The lowest BCUT2D eigenvalue weighted by atomic mass is 10.1. The fourth-order valence-electron chi connectivity index (χ4n) is 2.06. The molecule has 0 aliphatic heterocycles. The molecular formula is C17H17NO2. The van der Waals surface area contributed by atoms with E-state index in [-0.39, 0.29) is 0 Å². The van der Waals surface area contributed by atoms with E-state index in [4.69, 9.17) is 14.7 Å². The van der Waals surface area contributed by atoms with Gasteiger partial charge >= 0.3 is 0 Å². The molecule has 0 heterocycles. The van der Waals surface area contributed by atoms with Crippen LogP contribution < -0.4 is 9.47 Å². The minimum Gasteiger partial charge on any atom is -0.490 e. The Labute approximate surface area is 119 Å². The van der Waals surface area contributed by atoms with Gasteiger partial charge in [-0.3, -0.25) is 0 Å². The highest BCUT2D eigenvalue weighted by atomic mass is 16.5. The van der Waals surface area contributed by atoms with Crippen LogP contribution in [0.2, 0.25) is 0 Å². The zero-order valence-corrected chi connectivity index (χ0v) is 11.7. The van der Waals surface area contributed by atoms with Gasteiger partial charge in [0.25, 0.3) is 0 Å². The average Bonchev–Trinajstić information content (AvgIpc) is 2.46. The van der Waals surface area contributed by atoms with Crippen LogP contribution in [0.15, 0.2) is 42.5 Å². The Morgan fingerprint density at radius 3 is 2.15 bits per heavy atom. The van der Waals surface area contributed by atoms with Crippen molar-refractivity contribution in [3.8, 4) is 17.6 Å². The van der Waals surface area contributed by atoms with Crippen molar-refractivity contribution >= 4 is 0 Å². The second-order valence-electron chi connectivity index (χ2n) is 4.56. The number of para-hydroxylation sites is 1. The number of rotatable bonds is 5. The molecular weight excluding hydrogens is 250 g/mol. The van der Waals surface area contributed by atoms with Gasteiger partial charge < -0.3 is 9.47 Å². The van der Waals surface area contributed by atoms with Crippen molar-refractivity contribution in [2.75, 3.05) is 13.2 Å². The van der Waals surface area contributed by atoms with Gasteiger partial charge in [0.05, 0.1) is 11.6 Å². The van der Waals surface area contributed by atoms with E-state index in [0.717, 1.165) is 22.6 Å². The third kappa shape index (κ3) is 3.52. The second kappa shape index (κ2) is 6.63. The molecule has 0 aromatic heterocycles. The number of aryl methyl sites for hydroxylation is 2. The third-order valence-corrected chi connectivity index (χ3v) is 2.93. The topological polar surface area (TPSA) is 42.2 Å². The third-order valence-electron chi connectivity index (χ3n) is 2.93. The summed E-state index contributed by atoms with van der Waals surface area (Å²) in [6, 6.07) is 15.5. The summed E-state index contributed by atoms with van der Waals surface area (Å²) in [5.74, 6) is 1.67. The van der Waals surface area contributed by atoms with E-state index in [0.29, 0.717) is 18.8 Å². The van der Waals surface area contributed by atoms with E-state index >= 15 is 0 Å². The van der Waals surface area contributed by atoms with Crippen molar-refractivity contribution in [2.45, 2.75) is 13.8 Å². The van der Waals surface area contributed by atoms with E-state index in [2.05, 4.69) is 6.07 Å². The number of benzene rings is 2. The SMILES string of the molecule is Cc1cc(C#N)cc(C)c1OCCOc1ccccc1. The Morgan fingerprint density at radius 2 is 1.55 bits per heavy atom. The van der Waals surface area contributed by atoms with Gasteiger partial charge in [0.2, 0.25) is 0 Å². The Kier molecular flexibility index (Phi) is 4.62. The first-order valence-electron chi connectivity index (χ1n) is 6.52. The average molecular weight is 267 g/mol. The first-order valence-corrected chi connectivity index (χ1v) is 6.52. The molecule has 0 N–H and O–H groups in total. The van der Waals surface area contributed by atoms with Gasteiger partial charge in [0, 0.05) is 0 Å². The van der Waals surface area contributed by atoms with Crippen molar-refractivity contribution in [1.29, 1.82) is 5.26 Å². The molecule has 3 heteroatoms. The van der Waals surface area contributed by atoms with Crippen molar-refractivity contribution in [1.82, 2.24) is 0 Å². The summed E-state index contributed by atoms with van der Waals surface area (Å²) in [4.78, 5) is 0. The van der Waals surface area contributed by atoms with Crippen LogP contribution >= 0.6 is 0 Å². The zero-order chi connectivity index (χ0) is 14.4. The molecule has 0 aliphatic carbocycles. The smallest absolute Gasteiger partial charge is 0.125 e. The fraction of sp³-hybridized carbons (Fsp3) is 0.235. The molecule has 2 aromatic rings. The first kappa shape index (κ1) is 14.0. The minimum atomic E-state index is 0.475. The molecule has 3 nitrogen and oxygen atoms in total. The van der Waals surface area contributed by atoms with E-state index in [9.17, 15) is 0 Å². The largest absolute Gasteiger partial charge is 0.490 e. The van der Waals surface area contributed by atoms with E-state index in [1.165, 1.54) is 0 Å². The van der Waals surface area contributed by atoms with Crippen LogP contribution in [0.1, 0.15) is 16.7 Å². The molecule has 0 saturated heterocycles. The lowest BCUT2D eigenvalue weighted by Crippen LogP contribution is -2.10. The van der Waals surface area contributed by atoms with Crippen LogP contribution in [0, 0.1) is 25.2 Å². The summed E-state index contributed by atoms with van der Waals surface area (Å²) in [6.45, 7) is 4.85. The highest BCUT2D eigenvalue weighted by Gasteiger charge is 2.06. The molecule has 0 radical (unpaired) electrons. The van der Waals surface area contributed by atoms with Gasteiger partial charge in [-0.15, -0.1) is 0 Å². The van der Waals surface area contributed by atoms with Crippen molar-refractivity contribution < 1.29 is 9.47 Å². The number of ether oxygens (including phenoxy) is 2. The lowest BCUT2D eigenvalue weighted by Gasteiger charge is -2.13. The van der Waals surface area contributed by atoms with Crippen LogP contribution in [0.4, 0.5) is 0 Å². The highest BCUT2D eigenvalue weighted by Crippen LogP contribution is 2.24. The maximum Gasteiger partial charge on any atom is 0.125 e. The molecule has 2 rings (SSSR count). The first-order chi connectivity index (χ1) is 9.70. The van der Waals surface area contributed by atoms with Crippen LogP contribution in [0.5, 0.6) is 11.5 Å². The predicted octanol–water partition coefficient (Wildman–Crippen LogP) is 3.63. The van der Waals surface area contributed by atoms with Crippen LogP contribution in [0.25, 0.3) is 0 Å². The maximum absolute atomic E-state index is 8.91. The fourth-order valence-corrected chi connectivity index (χ4v) is 2.06. The van der Waals surface area contributed by atoms with Crippen molar-refractivity contribution in [3.05, 3.63) is 59.2 Å². The highest BCUT2D eigenvalue weighted by molar-refractivity contribution is 5.47. The number of hydrogen-bond donors (Lipinski definition) is 0. The summed E-state index contributed by atoms with van der Waals surface area (Å²) in [7, 11) is 0. The molecule has 0 spiro atoms. The monoisotopic (exact) mass is 267 g/mol. The van der Waals surface area contributed by atoms with Crippen LogP contribution in [-0.4, -0.2) is 13.2 Å². The van der Waals surface area contributed by atoms with Gasteiger partial charge in [-0.1, -0.05) is 18.2 Å². The standard InChI is InChI=1S/C17H17NO2/c1-13-10-15(12-18)11-14(2)17(13)20-9-8-19-16-6-4-3-5-7-16/h3-7,10-11H,8-9H2,1-2H3. The molecule has 102 valence electrons. The molecule has 0 amide bonds. The Morgan fingerprint density at radius 1 is 0.950 bits per heavy atom. The van der Waals surface area contributed by atoms with E-state index < -0.39 is 0 Å². The van der Waals surface area contributed by atoms with Gasteiger partial charge in [-0.05, 0) is 49.2 Å². The van der Waals surface area contributed by atoms with Crippen molar-refractivity contribution in [2.24, 2.45) is 0 Å². The Bertz CT molecular complexity index is 592. The molecule has 0 fully saturated rings. The predicted molar refractivity (Wildman–Crippen MR) is 78.1 cm³/mol. The summed E-state index contributed by atoms with van der Waals surface area (Å²) < 4.78 is 11.3. The molecule has 0 saturated carbocycles. The van der Waals surface area contributed by atoms with Crippen LogP contribution in [-0.2, 0) is 0 Å². The molecule has 0 unspecified atom stereocenters. The molecule has 2 aromatic carbocycles. The van der Waals surface area contributed by atoms with Gasteiger partial charge in [-0.2, -0.15) is 5.26 Å². The minimum absolute atomic E-state index is 0.475. The lowest BCUT2D eigenvalue weighted by molar-refractivity contribution is 0.215. The normalized spacial score (nSPS) is 9.85. The van der Waals surface area contributed by atoms with E-state index in [1.54, 1.807) is 0 Å². The molecule has 20 heavy (non-hydrogen) atoms. The summed E-state index contributed by atoms with van der Waals surface area (Å²) in [5.41, 5.74) is 2.61. The van der Waals surface area contributed by atoms with E-state index in [1.807, 2.05) is 56.3 Å². The van der Waals surface area contributed by atoms with Gasteiger partial charge in [0.15, 0.2) is 0 Å². The zero-order valence-electron chi connectivity index (χ0n) is 11.7. The Hall–Kier alpha value is -2.47. The summed E-state index contributed by atoms with van der Waals surface area (Å²) >= 11 is 0. The van der Waals surface area contributed by atoms with Gasteiger partial charge in [-0.25, -0.2) is 0 Å². The molecule has 0 aliphatic rings. The summed E-state index contributed by atoms with van der Waals surface area (Å²) in [5, 5.41) is 8.91. The van der Waals surface area contributed by atoms with Gasteiger partial charge in [0.1, 0.15) is 24.7 Å². The molecule has 0 bridgehead atoms. The Balaban J connectivity index is 1.90.